The SMILES string of the molecule is COC(=O)NC[C@@H]1C[C@H](F)CN1C(=O)CC1=C(c2ccccc2)CCC1=O. The molecule has 2 atom stereocenters. The van der Waals surface area contributed by atoms with Gasteiger partial charge >= 0.3 is 6.09 Å². The minimum atomic E-state index is -1.14. The van der Waals surface area contributed by atoms with Crippen LogP contribution in [0.2, 0.25) is 0 Å². The van der Waals surface area contributed by atoms with E-state index in [1.807, 2.05) is 30.3 Å². The summed E-state index contributed by atoms with van der Waals surface area (Å²) in [4.78, 5) is 37.9. The molecule has 0 bridgehead atoms. The second kappa shape index (κ2) is 8.33. The molecule has 7 heteroatoms. The van der Waals surface area contributed by atoms with Crippen molar-refractivity contribution in [2.75, 3.05) is 20.2 Å². The van der Waals surface area contributed by atoms with E-state index in [1.165, 1.54) is 12.0 Å². The van der Waals surface area contributed by atoms with Crippen molar-refractivity contribution in [3.8, 4) is 0 Å². The fourth-order valence-electron chi connectivity index (χ4n) is 3.76. The van der Waals surface area contributed by atoms with E-state index in [2.05, 4.69) is 10.1 Å². The largest absolute Gasteiger partial charge is 0.453 e. The number of hydrogen-bond donors (Lipinski definition) is 1. The summed E-state index contributed by atoms with van der Waals surface area (Å²) in [6.07, 6.45) is -0.625. The van der Waals surface area contributed by atoms with E-state index < -0.39 is 18.3 Å². The number of ether oxygens (including phenoxy) is 1. The average Bonchev–Trinajstić information content (AvgIpc) is 3.23. The summed E-state index contributed by atoms with van der Waals surface area (Å²) in [6, 6.07) is 9.10. The zero-order valence-electron chi connectivity index (χ0n) is 15.2. The van der Waals surface area contributed by atoms with Crippen LogP contribution in [0.4, 0.5) is 9.18 Å². The van der Waals surface area contributed by atoms with Crippen LogP contribution in [-0.2, 0) is 14.3 Å². The summed E-state index contributed by atoms with van der Waals surface area (Å²) in [6.45, 7) is 0.103. The number of carbonyl (C=O) groups excluding carboxylic acids is 3. The summed E-state index contributed by atoms with van der Waals surface area (Å²) in [5, 5.41) is 2.52. The van der Waals surface area contributed by atoms with Crippen molar-refractivity contribution in [1.29, 1.82) is 0 Å². The molecule has 144 valence electrons. The Bertz CT molecular complexity index is 763. The van der Waals surface area contributed by atoms with Gasteiger partial charge in [-0.1, -0.05) is 30.3 Å². The minimum Gasteiger partial charge on any atom is -0.453 e. The zero-order chi connectivity index (χ0) is 19.4. The molecule has 0 saturated carbocycles. The molecule has 1 aromatic rings. The van der Waals surface area contributed by atoms with Gasteiger partial charge in [-0.3, -0.25) is 9.59 Å². The molecule has 6 nitrogen and oxygen atoms in total. The van der Waals surface area contributed by atoms with Gasteiger partial charge in [0, 0.05) is 25.0 Å². The number of alkyl halides is 1. The lowest BCUT2D eigenvalue weighted by atomic mass is 9.99. The number of benzene rings is 1. The second-order valence-corrected chi connectivity index (χ2v) is 6.83. The van der Waals surface area contributed by atoms with E-state index in [9.17, 15) is 18.8 Å². The smallest absolute Gasteiger partial charge is 0.406 e. The summed E-state index contributed by atoms with van der Waals surface area (Å²) in [7, 11) is 1.24. The summed E-state index contributed by atoms with van der Waals surface area (Å²) in [5.74, 6) is -0.312. The Labute approximate surface area is 157 Å². The van der Waals surface area contributed by atoms with Gasteiger partial charge in [0.25, 0.3) is 0 Å². The van der Waals surface area contributed by atoms with E-state index in [-0.39, 0.29) is 37.6 Å². The Balaban J connectivity index is 1.74. The monoisotopic (exact) mass is 374 g/mol. The van der Waals surface area contributed by atoms with Crippen LogP contribution >= 0.6 is 0 Å². The number of allylic oxidation sites excluding steroid dienone is 1. The number of nitrogens with one attached hydrogen (secondary N) is 1. The Morgan fingerprint density at radius 3 is 2.70 bits per heavy atom. The number of Topliss-reactive ketones (excluding diaryl/α,β-unsaturated/α-hetero) is 1. The highest BCUT2D eigenvalue weighted by molar-refractivity contribution is 6.10. The molecular weight excluding hydrogens is 351 g/mol. The highest BCUT2D eigenvalue weighted by Crippen LogP contribution is 2.34. The summed E-state index contributed by atoms with van der Waals surface area (Å²) in [5.41, 5.74) is 2.36. The molecular formula is C20H23FN2O4. The molecule has 0 unspecified atom stereocenters. The zero-order valence-corrected chi connectivity index (χ0v) is 15.2. The predicted octanol–water partition coefficient (Wildman–Crippen LogP) is 2.49. The molecule has 1 heterocycles. The first kappa shape index (κ1) is 19.1. The molecule has 0 aromatic heterocycles. The van der Waals surface area contributed by atoms with Crippen LogP contribution < -0.4 is 5.32 Å². The molecule has 2 amide bonds. The third-order valence-corrected chi connectivity index (χ3v) is 5.10. The van der Waals surface area contributed by atoms with Crippen LogP contribution in [0.3, 0.4) is 0 Å². The van der Waals surface area contributed by atoms with Crippen LogP contribution in [-0.4, -0.2) is 55.1 Å². The van der Waals surface area contributed by atoms with Crippen molar-refractivity contribution in [2.24, 2.45) is 0 Å². The third kappa shape index (κ3) is 4.35. The van der Waals surface area contributed by atoms with Gasteiger partial charge in [0.1, 0.15) is 6.17 Å². The Morgan fingerprint density at radius 2 is 2.00 bits per heavy atom. The number of rotatable bonds is 5. The van der Waals surface area contributed by atoms with Crippen LogP contribution in [0, 0.1) is 0 Å². The number of amides is 2. The first-order chi connectivity index (χ1) is 13.0. The molecule has 1 aliphatic heterocycles. The Hall–Kier alpha value is -2.70. The third-order valence-electron chi connectivity index (χ3n) is 5.10. The molecule has 2 aliphatic rings. The van der Waals surface area contributed by atoms with E-state index >= 15 is 0 Å². The van der Waals surface area contributed by atoms with Gasteiger partial charge in [0.05, 0.1) is 26.1 Å². The molecule has 0 radical (unpaired) electrons. The number of carbonyl (C=O) groups is 3. The van der Waals surface area contributed by atoms with Crippen LogP contribution in [0.15, 0.2) is 35.9 Å². The first-order valence-corrected chi connectivity index (χ1v) is 9.05. The minimum absolute atomic E-state index is 0.0194. The van der Waals surface area contributed by atoms with Crippen molar-refractivity contribution < 1.29 is 23.5 Å². The normalized spacial score (nSPS) is 22.3. The fraction of sp³-hybridized carbons (Fsp3) is 0.450. The topological polar surface area (TPSA) is 75.7 Å². The van der Waals surface area contributed by atoms with Gasteiger partial charge in [-0.05, 0) is 17.6 Å². The van der Waals surface area contributed by atoms with Gasteiger partial charge in [0.2, 0.25) is 5.91 Å². The van der Waals surface area contributed by atoms with Gasteiger partial charge in [0.15, 0.2) is 5.78 Å². The molecule has 1 aromatic carbocycles. The molecule has 1 N–H and O–H groups in total. The van der Waals surface area contributed by atoms with E-state index in [0.29, 0.717) is 18.4 Å². The van der Waals surface area contributed by atoms with Crippen molar-refractivity contribution >= 4 is 23.4 Å². The fourth-order valence-corrected chi connectivity index (χ4v) is 3.76. The number of likely N-dealkylation sites (tertiary alicyclic amines) is 1. The van der Waals surface area contributed by atoms with E-state index in [1.54, 1.807) is 0 Å². The van der Waals surface area contributed by atoms with Crippen LogP contribution in [0.1, 0.15) is 31.2 Å². The quantitative estimate of drug-likeness (QED) is 0.859. The van der Waals surface area contributed by atoms with Gasteiger partial charge in [-0.2, -0.15) is 0 Å². The molecule has 1 aliphatic carbocycles. The van der Waals surface area contributed by atoms with E-state index in [0.717, 1.165) is 11.1 Å². The summed E-state index contributed by atoms with van der Waals surface area (Å²) >= 11 is 0. The standard InChI is InChI=1S/C20H23FN2O4/c1-27-20(26)22-11-15-9-14(21)12-23(15)19(25)10-17-16(7-8-18(17)24)13-5-3-2-4-6-13/h2-6,14-15H,7-12H2,1H3,(H,22,26)/t14-,15-/m0/s1. The lowest BCUT2D eigenvalue weighted by molar-refractivity contribution is -0.132. The average molecular weight is 374 g/mol. The van der Waals surface area contributed by atoms with Crippen molar-refractivity contribution in [2.45, 2.75) is 37.9 Å². The Morgan fingerprint density at radius 1 is 1.26 bits per heavy atom. The van der Waals surface area contributed by atoms with Crippen LogP contribution in [0.25, 0.3) is 5.57 Å². The van der Waals surface area contributed by atoms with Crippen molar-refractivity contribution in [1.82, 2.24) is 10.2 Å². The van der Waals surface area contributed by atoms with Gasteiger partial charge < -0.3 is 15.0 Å². The van der Waals surface area contributed by atoms with Crippen molar-refractivity contribution in [3.05, 3.63) is 41.5 Å². The molecule has 27 heavy (non-hydrogen) atoms. The number of hydrogen-bond acceptors (Lipinski definition) is 4. The van der Waals surface area contributed by atoms with Crippen molar-refractivity contribution in [3.63, 3.8) is 0 Å². The lowest BCUT2D eigenvalue weighted by Gasteiger charge is -2.24. The number of methoxy groups -OCH3 is 1. The second-order valence-electron chi connectivity index (χ2n) is 6.83. The Kier molecular flexibility index (Phi) is 5.88. The van der Waals surface area contributed by atoms with Gasteiger partial charge in [-0.25, -0.2) is 9.18 Å². The number of halogens is 1. The predicted molar refractivity (Wildman–Crippen MR) is 97.6 cm³/mol. The number of alkyl carbamates (subject to hydrolysis) is 1. The highest BCUT2D eigenvalue weighted by atomic mass is 19.1. The summed E-state index contributed by atoms with van der Waals surface area (Å²) < 4.78 is 18.4. The maximum Gasteiger partial charge on any atom is 0.406 e. The number of nitrogens with zero attached hydrogens (tertiary/aromatic N) is 1. The highest BCUT2D eigenvalue weighted by Gasteiger charge is 2.37. The van der Waals surface area contributed by atoms with Crippen LogP contribution in [0.5, 0.6) is 0 Å². The number of ketones is 1. The molecule has 3 rings (SSSR count). The van der Waals surface area contributed by atoms with E-state index in [4.69, 9.17) is 0 Å². The maximum absolute atomic E-state index is 13.9. The van der Waals surface area contributed by atoms with Gasteiger partial charge in [-0.15, -0.1) is 0 Å². The molecule has 1 fully saturated rings. The molecule has 1 saturated heterocycles. The molecule has 0 spiro atoms. The maximum atomic E-state index is 13.9. The lowest BCUT2D eigenvalue weighted by Crippen LogP contribution is -2.43. The first-order valence-electron chi connectivity index (χ1n) is 9.05.